The third-order valence-electron chi connectivity index (χ3n) is 2.69. The Morgan fingerprint density at radius 1 is 1.21 bits per heavy atom. The Morgan fingerprint density at radius 3 is 2.32 bits per heavy atom. The Balaban J connectivity index is 2.58. The zero-order valence-corrected chi connectivity index (χ0v) is 11.8. The molecule has 2 rings (SSSR count). The molecule has 0 amide bonds. The number of nitrogens with one attached hydrogen (secondary N) is 1. The van der Waals surface area contributed by atoms with Crippen LogP contribution in [0.1, 0.15) is 26.3 Å². The summed E-state index contributed by atoms with van der Waals surface area (Å²) in [6.45, 7) is 5.42. The molecule has 0 aromatic heterocycles. The van der Waals surface area contributed by atoms with Crippen LogP contribution in [0.2, 0.25) is 0 Å². The molecule has 0 unspecified atom stereocenters. The molecule has 1 aliphatic heterocycles. The summed E-state index contributed by atoms with van der Waals surface area (Å²) in [5, 5.41) is 0. The Morgan fingerprint density at radius 2 is 1.79 bits per heavy atom. The number of rotatable bonds is 2. The number of hydrogen-bond donors (Lipinski definition) is 1. The van der Waals surface area contributed by atoms with Crippen molar-refractivity contribution in [2.45, 2.75) is 26.8 Å². The summed E-state index contributed by atoms with van der Waals surface area (Å²) < 4.78 is 39.5. The van der Waals surface area contributed by atoms with Crippen LogP contribution in [0.3, 0.4) is 0 Å². The van der Waals surface area contributed by atoms with Crippen molar-refractivity contribution in [1.29, 1.82) is 0 Å². The first kappa shape index (κ1) is 13.7. The predicted octanol–water partition coefficient (Wildman–Crippen LogP) is 2.30. The lowest BCUT2D eigenvalue weighted by Crippen LogP contribution is -2.24. The summed E-state index contributed by atoms with van der Waals surface area (Å²) in [4.78, 5) is 4.40. The van der Waals surface area contributed by atoms with Crippen molar-refractivity contribution < 1.29 is 12.8 Å². The highest BCUT2D eigenvalue weighted by molar-refractivity contribution is 8.00. The number of halogens is 1. The molecular formula is C13H15FN2O2S. The van der Waals surface area contributed by atoms with E-state index >= 15 is 0 Å². The van der Waals surface area contributed by atoms with Crippen molar-refractivity contribution >= 4 is 20.8 Å². The van der Waals surface area contributed by atoms with Crippen molar-refractivity contribution in [3.8, 4) is 0 Å². The summed E-state index contributed by atoms with van der Waals surface area (Å²) in [6, 6.07) is 5.36. The molecule has 1 aliphatic rings. The van der Waals surface area contributed by atoms with E-state index in [1.54, 1.807) is 6.92 Å². The third-order valence-corrected chi connectivity index (χ3v) is 4.23. The van der Waals surface area contributed by atoms with Gasteiger partial charge in [0, 0.05) is 11.6 Å². The lowest BCUT2D eigenvalue weighted by Gasteiger charge is -2.02. The lowest BCUT2D eigenvalue weighted by atomic mass is 10.1. The Labute approximate surface area is 112 Å². The van der Waals surface area contributed by atoms with Gasteiger partial charge < -0.3 is 0 Å². The first-order valence-corrected chi connectivity index (χ1v) is 7.37. The van der Waals surface area contributed by atoms with E-state index in [0.717, 1.165) is 0 Å². The predicted molar refractivity (Wildman–Crippen MR) is 73.6 cm³/mol. The molecule has 1 aromatic rings. The van der Waals surface area contributed by atoms with E-state index in [1.807, 2.05) is 13.8 Å². The Kier molecular flexibility index (Phi) is 3.45. The van der Waals surface area contributed by atoms with Crippen LogP contribution in [0.5, 0.6) is 0 Å². The molecule has 0 spiro atoms. The number of aliphatic imine (C=N–C) groups is 1. The van der Waals surface area contributed by atoms with Gasteiger partial charge in [0.2, 0.25) is 0 Å². The minimum absolute atomic E-state index is 0.0137. The molecule has 6 heteroatoms. The molecule has 0 aliphatic carbocycles. The first-order chi connectivity index (χ1) is 8.81. The van der Waals surface area contributed by atoms with Gasteiger partial charge in [-0.3, -0.25) is 9.71 Å². The largest absolute Gasteiger partial charge is 0.265 e. The van der Waals surface area contributed by atoms with Crippen LogP contribution < -0.4 is 4.72 Å². The zero-order valence-electron chi connectivity index (χ0n) is 10.9. The smallest absolute Gasteiger partial charge is 0.264 e. The molecule has 0 atom stereocenters. The van der Waals surface area contributed by atoms with Crippen LogP contribution in [0.25, 0.3) is 4.91 Å². The van der Waals surface area contributed by atoms with E-state index in [0.29, 0.717) is 17.0 Å². The minimum atomic E-state index is -3.62. The fourth-order valence-corrected chi connectivity index (χ4v) is 3.43. The van der Waals surface area contributed by atoms with Crippen molar-refractivity contribution in [3.63, 3.8) is 0 Å². The highest BCUT2D eigenvalue weighted by Gasteiger charge is 2.32. The molecule has 19 heavy (non-hydrogen) atoms. The molecule has 0 saturated heterocycles. The number of amidine groups is 1. The van der Waals surface area contributed by atoms with E-state index in [-0.39, 0.29) is 10.9 Å². The van der Waals surface area contributed by atoms with E-state index < -0.39 is 15.8 Å². The van der Waals surface area contributed by atoms with Gasteiger partial charge in [0.15, 0.2) is 0 Å². The monoisotopic (exact) mass is 282 g/mol. The van der Waals surface area contributed by atoms with Crippen LogP contribution >= 0.6 is 0 Å². The van der Waals surface area contributed by atoms with Crippen molar-refractivity contribution in [2.75, 3.05) is 0 Å². The van der Waals surface area contributed by atoms with Crippen LogP contribution in [0, 0.1) is 5.82 Å². The SMILES string of the molecule is CC1=C(c2ccc(F)cc2)S(=O)(=O)NC1=NC(C)C. The number of sulfonamides is 1. The van der Waals surface area contributed by atoms with Gasteiger partial charge in [-0.15, -0.1) is 0 Å². The maximum atomic E-state index is 12.9. The van der Waals surface area contributed by atoms with Crippen molar-refractivity contribution in [1.82, 2.24) is 4.72 Å². The Bertz CT molecular complexity index is 658. The zero-order chi connectivity index (χ0) is 14.2. The number of nitrogens with zero attached hydrogens (tertiary/aromatic N) is 1. The summed E-state index contributed by atoms with van der Waals surface area (Å²) in [7, 11) is -3.62. The van der Waals surface area contributed by atoms with Crippen LogP contribution in [-0.4, -0.2) is 20.3 Å². The molecule has 102 valence electrons. The average molecular weight is 282 g/mol. The molecule has 0 bridgehead atoms. The molecule has 1 heterocycles. The molecule has 0 radical (unpaired) electrons. The van der Waals surface area contributed by atoms with E-state index in [1.165, 1.54) is 24.3 Å². The van der Waals surface area contributed by atoms with Crippen LogP contribution in [0.4, 0.5) is 4.39 Å². The van der Waals surface area contributed by atoms with Gasteiger partial charge in [-0.2, -0.15) is 0 Å². The topological polar surface area (TPSA) is 58.5 Å². The summed E-state index contributed by atoms with van der Waals surface area (Å²) >= 11 is 0. The summed E-state index contributed by atoms with van der Waals surface area (Å²) in [6.07, 6.45) is 0. The highest BCUT2D eigenvalue weighted by atomic mass is 32.2. The quantitative estimate of drug-likeness (QED) is 0.904. The summed E-state index contributed by atoms with van der Waals surface area (Å²) in [5.74, 6) is -0.0456. The standard InChI is InChI=1S/C13H15FN2O2S/c1-8(2)15-13-9(3)12(19(17,18)16-13)10-4-6-11(14)7-5-10/h4-8H,1-3H3,(H,15,16). The summed E-state index contributed by atoms with van der Waals surface area (Å²) in [5.41, 5.74) is 1.01. The molecular weight excluding hydrogens is 267 g/mol. The highest BCUT2D eigenvalue weighted by Crippen LogP contribution is 2.29. The lowest BCUT2D eigenvalue weighted by molar-refractivity contribution is 0.603. The van der Waals surface area contributed by atoms with Crippen LogP contribution in [0.15, 0.2) is 34.8 Å². The molecule has 1 N–H and O–H groups in total. The normalized spacial score (nSPS) is 20.2. The maximum Gasteiger partial charge on any atom is 0.264 e. The molecule has 0 fully saturated rings. The number of hydrogen-bond acceptors (Lipinski definition) is 3. The Hall–Kier alpha value is -1.69. The van der Waals surface area contributed by atoms with E-state index in [9.17, 15) is 12.8 Å². The molecule has 4 nitrogen and oxygen atoms in total. The van der Waals surface area contributed by atoms with Crippen LogP contribution in [-0.2, 0) is 10.0 Å². The second kappa shape index (κ2) is 4.77. The van der Waals surface area contributed by atoms with Gasteiger partial charge in [-0.1, -0.05) is 12.1 Å². The molecule has 0 saturated carbocycles. The van der Waals surface area contributed by atoms with Gasteiger partial charge >= 0.3 is 0 Å². The second-order valence-electron chi connectivity index (χ2n) is 4.64. The first-order valence-electron chi connectivity index (χ1n) is 5.89. The fraction of sp³-hybridized carbons (Fsp3) is 0.308. The van der Waals surface area contributed by atoms with Gasteiger partial charge in [-0.25, -0.2) is 12.8 Å². The van der Waals surface area contributed by atoms with Gasteiger partial charge in [-0.05, 0) is 38.5 Å². The second-order valence-corrected chi connectivity index (χ2v) is 6.26. The van der Waals surface area contributed by atoms with Crippen molar-refractivity contribution in [2.24, 2.45) is 4.99 Å². The van der Waals surface area contributed by atoms with E-state index in [2.05, 4.69) is 9.71 Å². The number of benzene rings is 1. The average Bonchev–Trinajstić information content (AvgIpc) is 2.50. The maximum absolute atomic E-state index is 12.9. The van der Waals surface area contributed by atoms with Crippen molar-refractivity contribution in [3.05, 3.63) is 41.2 Å². The van der Waals surface area contributed by atoms with Gasteiger partial charge in [0.1, 0.15) is 16.6 Å². The van der Waals surface area contributed by atoms with Gasteiger partial charge in [0.25, 0.3) is 10.0 Å². The minimum Gasteiger partial charge on any atom is -0.265 e. The van der Waals surface area contributed by atoms with Gasteiger partial charge in [0.05, 0.1) is 0 Å². The third kappa shape index (κ3) is 2.68. The molecule has 1 aromatic carbocycles. The van der Waals surface area contributed by atoms with E-state index in [4.69, 9.17) is 0 Å². The fourth-order valence-electron chi connectivity index (χ4n) is 1.92.